The monoisotopic (exact) mass is 752 g/mol. The summed E-state index contributed by atoms with van der Waals surface area (Å²) in [5.74, 6) is -0.228. The molecule has 0 unspecified atom stereocenters. The number of amides is 3. The van der Waals surface area contributed by atoms with E-state index in [0.717, 1.165) is 42.7 Å². The van der Waals surface area contributed by atoms with Crippen LogP contribution in [0.1, 0.15) is 61.5 Å². The molecule has 3 N–H and O–H groups in total. The van der Waals surface area contributed by atoms with E-state index in [1.54, 1.807) is 30.0 Å². The number of carbonyl (C=O) groups is 2. The van der Waals surface area contributed by atoms with E-state index < -0.39 is 29.7 Å². The zero-order valence-electron chi connectivity index (χ0n) is 29.1. The third-order valence-corrected chi connectivity index (χ3v) is 9.45. The van der Waals surface area contributed by atoms with E-state index >= 15 is 0 Å². The molecule has 0 radical (unpaired) electrons. The average Bonchev–Trinajstić information content (AvgIpc) is 3.07. The second-order valence-electron chi connectivity index (χ2n) is 13.1. The first-order valence-electron chi connectivity index (χ1n) is 16.9. The van der Waals surface area contributed by atoms with Crippen LogP contribution < -0.4 is 15.4 Å². The Morgan fingerprint density at radius 1 is 1.02 bits per heavy atom. The van der Waals surface area contributed by atoms with Crippen LogP contribution in [0.2, 0.25) is 10.0 Å². The molecule has 14 heteroatoms. The number of ether oxygens (including phenoxy) is 2. The summed E-state index contributed by atoms with van der Waals surface area (Å²) in [6.45, 7) is 7.35. The number of anilines is 2. The van der Waals surface area contributed by atoms with Gasteiger partial charge in [0.25, 0.3) is 5.91 Å². The van der Waals surface area contributed by atoms with Crippen molar-refractivity contribution in [3.63, 3.8) is 0 Å². The van der Waals surface area contributed by atoms with E-state index in [1.807, 2.05) is 33.0 Å². The first kappa shape index (κ1) is 40.2. The number of urea groups is 1. The van der Waals surface area contributed by atoms with Gasteiger partial charge in [0.15, 0.2) is 0 Å². The number of hydrogen-bond acceptors (Lipinski definition) is 6. The highest BCUT2D eigenvalue weighted by molar-refractivity contribution is 6.42. The van der Waals surface area contributed by atoms with E-state index in [1.165, 1.54) is 6.07 Å². The van der Waals surface area contributed by atoms with Crippen LogP contribution in [0.3, 0.4) is 0 Å². The minimum atomic E-state index is -4.50. The summed E-state index contributed by atoms with van der Waals surface area (Å²) in [4.78, 5) is 30.9. The Hall–Kier alpha value is -3.55. The van der Waals surface area contributed by atoms with Gasteiger partial charge in [-0.15, -0.1) is 0 Å². The van der Waals surface area contributed by atoms with Gasteiger partial charge in [0, 0.05) is 43.5 Å². The molecule has 4 rings (SSSR count). The van der Waals surface area contributed by atoms with Gasteiger partial charge in [-0.25, -0.2) is 4.79 Å². The van der Waals surface area contributed by atoms with Crippen molar-refractivity contribution in [2.24, 2.45) is 5.92 Å². The largest absolute Gasteiger partial charge is 0.490 e. The number of likely N-dealkylation sites (N-methyl/N-ethyl adjacent to an activating group) is 1. The average molecular weight is 754 g/mol. The maximum Gasteiger partial charge on any atom is 0.416 e. The Labute approximate surface area is 307 Å². The number of nitrogens with one attached hydrogen (secondary N) is 2. The van der Waals surface area contributed by atoms with Gasteiger partial charge in [0.2, 0.25) is 0 Å². The molecule has 0 aliphatic carbocycles. The number of alkyl halides is 3. The van der Waals surface area contributed by atoms with Gasteiger partial charge in [-0.1, -0.05) is 36.2 Å². The van der Waals surface area contributed by atoms with Crippen molar-refractivity contribution in [1.29, 1.82) is 0 Å². The van der Waals surface area contributed by atoms with Crippen molar-refractivity contribution in [3.05, 3.63) is 87.4 Å². The summed E-state index contributed by atoms with van der Waals surface area (Å²) in [7, 11) is 1.99. The van der Waals surface area contributed by atoms with Crippen LogP contribution in [0.5, 0.6) is 5.75 Å². The van der Waals surface area contributed by atoms with Crippen LogP contribution in [0, 0.1) is 5.92 Å². The molecule has 0 fully saturated rings. The summed E-state index contributed by atoms with van der Waals surface area (Å²) in [5, 5.41) is 16.4. The lowest BCUT2D eigenvalue weighted by molar-refractivity contribution is -0.137. The molecule has 0 saturated heterocycles. The van der Waals surface area contributed by atoms with Crippen molar-refractivity contribution in [3.8, 4) is 5.75 Å². The SMILES string of the molecule is C[C@H]1CCCCO[C@@H](CN(C)Cc2ccc(Cl)c(Cl)c2)[C@@H](C)CN([C@@H](C)CO)C(=O)c2cc(NC(=O)Nc3ccc(C(F)(F)F)cc3)ccc2O1. The lowest BCUT2D eigenvalue weighted by atomic mass is 10.0. The highest BCUT2D eigenvalue weighted by atomic mass is 35.5. The maximum atomic E-state index is 14.4. The molecule has 3 aromatic carbocycles. The normalized spacial score (nSPS) is 19.9. The lowest BCUT2D eigenvalue weighted by Gasteiger charge is -2.36. The highest BCUT2D eigenvalue weighted by Gasteiger charge is 2.31. The molecule has 3 amide bonds. The topological polar surface area (TPSA) is 103 Å². The van der Waals surface area contributed by atoms with E-state index in [-0.39, 0.29) is 48.2 Å². The molecule has 0 saturated carbocycles. The van der Waals surface area contributed by atoms with Crippen LogP contribution in [-0.2, 0) is 17.5 Å². The van der Waals surface area contributed by atoms with Gasteiger partial charge in [-0.05, 0) is 100 Å². The van der Waals surface area contributed by atoms with E-state index in [2.05, 4.69) is 15.5 Å². The van der Waals surface area contributed by atoms with Gasteiger partial charge in [0.1, 0.15) is 5.75 Å². The molecule has 3 aromatic rings. The van der Waals surface area contributed by atoms with E-state index in [9.17, 15) is 27.9 Å². The second kappa shape index (κ2) is 18.3. The molecule has 9 nitrogen and oxygen atoms in total. The van der Waals surface area contributed by atoms with Gasteiger partial charge >= 0.3 is 12.2 Å². The fourth-order valence-corrected chi connectivity index (χ4v) is 6.14. The minimum Gasteiger partial charge on any atom is -0.490 e. The van der Waals surface area contributed by atoms with Crippen LogP contribution in [0.25, 0.3) is 0 Å². The summed E-state index contributed by atoms with van der Waals surface area (Å²) >= 11 is 12.4. The lowest BCUT2D eigenvalue weighted by Crippen LogP contribution is -2.47. The van der Waals surface area contributed by atoms with Crippen LogP contribution in [0.15, 0.2) is 60.7 Å². The number of carbonyl (C=O) groups excluding carboxylic acids is 2. The summed E-state index contributed by atoms with van der Waals surface area (Å²) in [6.07, 6.45) is -2.64. The molecular formula is C37H45Cl2F3N4O5. The minimum absolute atomic E-state index is 0.152. The molecule has 1 heterocycles. The Morgan fingerprint density at radius 2 is 1.71 bits per heavy atom. The Balaban J connectivity index is 1.57. The first-order chi connectivity index (χ1) is 24.1. The molecular weight excluding hydrogens is 708 g/mol. The van der Waals surface area contributed by atoms with E-state index in [4.69, 9.17) is 32.7 Å². The zero-order chi connectivity index (χ0) is 37.3. The van der Waals surface area contributed by atoms with Crippen molar-refractivity contribution in [1.82, 2.24) is 9.80 Å². The number of aliphatic hydroxyl groups is 1. The number of halogens is 5. The van der Waals surface area contributed by atoms with Crippen LogP contribution in [0.4, 0.5) is 29.3 Å². The summed E-state index contributed by atoms with van der Waals surface area (Å²) in [5.41, 5.74) is 0.765. The Morgan fingerprint density at radius 3 is 2.37 bits per heavy atom. The molecule has 51 heavy (non-hydrogen) atoms. The van der Waals surface area contributed by atoms with Crippen molar-refractivity contribution in [2.45, 2.75) is 71.0 Å². The standard InChI is InChI=1S/C37H45Cl2F3N4O5/c1-23-19-46(24(2)22-47)35(48)30-18-29(44-36(49)43-28-11-9-27(10-12-28)37(40,41)42)13-15-33(30)51-25(3)7-5-6-16-50-34(23)21-45(4)20-26-8-14-31(38)32(39)17-26/h8-15,17-18,23-25,34,47H,5-7,16,19-22H2,1-4H3,(H2,43,44,49)/t23-,24-,25-,34-/m0/s1. The highest BCUT2D eigenvalue weighted by Crippen LogP contribution is 2.31. The van der Waals surface area contributed by atoms with Crippen molar-refractivity contribution >= 4 is 46.5 Å². The second-order valence-corrected chi connectivity index (χ2v) is 13.9. The number of aliphatic hydroxyl groups excluding tert-OH is 1. The third kappa shape index (κ3) is 11.7. The molecule has 1 aliphatic heterocycles. The quantitative estimate of drug-likeness (QED) is 0.213. The Kier molecular flexibility index (Phi) is 14.4. The van der Waals surface area contributed by atoms with Gasteiger partial charge < -0.3 is 30.1 Å². The van der Waals surface area contributed by atoms with Gasteiger partial charge in [-0.2, -0.15) is 13.2 Å². The van der Waals surface area contributed by atoms with Gasteiger partial charge in [-0.3, -0.25) is 9.69 Å². The van der Waals surface area contributed by atoms with Crippen molar-refractivity contribution in [2.75, 3.05) is 44.0 Å². The summed E-state index contributed by atoms with van der Waals surface area (Å²) in [6, 6.07) is 13.0. The molecule has 0 bridgehead atoms. The molecule has 278 valence electrons. The number of hydrogen-bond donors (Lipinski definition) is 3. The maximum absolute atomic E-state index is 14.4. The van der Waals surface area contributed by atoms with Crippen LogP contribution >= 0.6 is 23.2 Å². The van der Waals surface area contributed by atoms with Crippen molar-refractivity contribution < 1.29 is 37.3 Å². The molecule has 4 atom stereocenters. The first-order valence-corrected chi connectivity index (χ1v) is 17.6. The third-order valence-electron chi connectivity index (χ3n) is 8.71. The molecule has 0 aromatic heterocycles. The summed E-state index contributed by atoms with van der Waals surface area (Å²) < 4.78 is 51.6. The smallest absolute Gasteiger partial charge is 0.416 e. The number of fused-ring (bicyclic) bond motifs is 1. The van der Waals surface area contributed by atoms with E-state index in [0.29, 0.717) is 41.9 Å². The fraction of sp³-hybridized carbons (Fsp3) is 0.459. The molecule has 0 spiro atoms. The fourth-order valence-electron chi connectivity index (χ4n) is 5.82. The van der Waals surface area contributed by atoms with Gasteiger partial charge in [0.05, 0.1) is 46.0 Å². The number of rotatable bonds is 8. The Bertz CT molecular complexity index is 1630. The predicted molar refractivity (Wildman–Crippen MR) is 194 cm³/mol. The zero-order valence-corrected chi connectivity index (χ0v) is 30.6. The molecule has 1 aliphatic rings. The predicted octanol–water partition coefficient (Wildman–Crippen LogP) is 8.58. The number of nitrogens with zero attached hydrogens (tertiary/aromatic N) is 2. The number of benzene rings is 3. The van der Waals surface area contributed by atoms with Crippen LogP contribution in [-0.4, -0.2) is 78.4 Å².